The molecule has 7 heteroatoms. The summed E-state index contributed by atoms with van der Waals surface area (Å²) in [4.78, 5) is 19.6. The Kier molecular flexibility index (Phi) is 6.16. The molecule has 1 amide bonds. The van der Waals surface area contributed by atoms with Gasteiger partial charge in [-0.2, -0.15) is 5.10 Å². The number of nitrogens with one attached hydrogen (secondary N) is 1. The van der Waals surface area contributed by atoms with Crippen LogP contribution in [0.5, 0.6) is 0 Å². The van der Waals surface area contributed by atoms with Gasteiger partial charge < -0.3 is 15.1 Å². The molecule has 1 aromatic carbocycles. The Bertz CT molecular complexity index is 822. The second-order valence-corrected chi connectivity index (χ2v) is 8.24. The van der Waals surface area contributed by atoms with Crippen molar-refractivity contribution in [3.63, 3.8) is 0 Å². The summed E-state index contributed by atoms with van der Waals surface area (Å²) in [7, 11) is 2.16. The average Bonchev–Trinajstić information content (AvgIpc) is 3.11. The molecule has 0 bridgehead atoms. The van der Waals surface area contributed by atoms with Gasteiger partial charge in [0.05, 0.1) is 5.69 Å². The molecular formula is C22H32N6O. The van der Waals surface area contributed by atoms with E-state index in [9.17, 15) is 4.79 Å². The molecule has 2 aliphatic rings. The van der Waals surface area contributed by atoms with Crippen LogP contribution in [0.15, 0.2) is 30.3 Å². The van der Waals surface area contributed by atoms with E-state index < -0.39 is 0 Å². The van der Waals surface area contributed by atoms with Gasteiger partial charge in [-0.3, -0.25) is 9.69 Å². The summed E-state index contributed by atoms with van der Waals surface area (Å²) in [6.07, 6.45) is 1.11. The van der Waals surface area contributed by atoms with Crippen LogP contribution in [0.2, 0.25) is 0 Å². The van der Waals surface area contributed by atoms with Gasteiger partial charge >= 0.3 is 0 Å². The summed E-state index contributed by atoms with van der Waals surface area (Å²) < 4.78 is 2.10. The molecular weight excluding hydrogens is 364 g/mol. The molecule has 156 valence electrons. The molecule has 4 rings (SSSR count). The Labute approximate surface area is 173 Å². The van der Waals surface area contributed by atoms with Crippen LogP contribution < -0.4 is 10.2 Å². The van der Waals surface area contributed by atoms with Crippen LogP contribution in [0.25, 0.3) is 0 Å². The Balaban J connectivity index is 1.27. The maximum absolute atomic E-state index is 12.4. The second-order valence-electron chi connectivity index (χ2n) is 8.24. The van der Waals surface area contributed by atoms with Crippen molar-refractivity contribution in [3.8, 4) is 0 Å². The summed E-state index contributed by atoms with van der Waals surface area (Å²) in [6, 6.07) is 10.2. The number of nitrogens with zero attached hydrogens (tertiary/aromatic N) is 5. The first-order valence-electron chi connectivity index (χ1n) is 10.7. The first kappa shape index (κ1) is 19.9. The van der Waals surface area contributed by atoms with Gasteiger partial charge in [-0.1, -0.05) is 12.1 Å². The minimum Gasteiger partial charge on any atom is -0.352 e. The van der Waals surface area contributed by atoms with E-state index >= 15 is 0 Å². The van der Waals surface area contributed by atoms with E-state index in [-0.39, 0.29) is 5.91 Å². The van der Waals surface area contributed by atoms with E-state index in [1.807, 2.05) is 19.1 Å². The molecule has 0 aliphatic carbocycles. The molecule has 2 aromatic rings. The SMILES string of the molecule is Cc1cc2n(n1)CCCN2Cc1ccc(C(=O)NCCN2CCN(C)CC2)cc1. The fourth-order valence-electron chi connectivity index (χ4n) is 4.12. The number of piperazine rings is 1. The third kappa shape index (κ3) is 4.97. The number of carbonyl (C=O) groups excluding carboxylic acids is 1. The highest BCUT2D eigenvalue weighted by molar-refractivity contribution is 5.94. The van der Waals surface area contributed by atoms with E-state index in [0.717, 1.165) is 70.0 Å². The molecule has 3 heterocycles. The van der Waals surface area contributed by atoms with Crippen LogP contribution in [0.4, 0.5) is 5.82 Å². The van der Waals surface area contributed by atoms with Crippen molar-refractivity contribution in [2.75, 3.05) is 57.8 Å². The maximum Gasteiger partial charge on any atom is 0.251 e. The van der Waals surface area contributed by atoms with Crippen LogP contribution in [-0.2, 0) is 13.1 Å². The van der Waals surface area contributed by atoms with Crippen molar-refractivity contribution in [1.82, 2.24) is 24.9 Å². The summed E-state index contributed by atoms with van der Waals surface area (Å²) >= 11 is 0. The fraction of sp³-hybridized carbons (Fsp3) is 0.545. The highest BCUT2D eigenvalue weighted by Gasteiger charge is 2.19. The average molecular weight is 397 g/mol. The third-order valence-corrected chi connectivity index (χ3v) is 5.90. The monoisotopic (exact) mass is 396 g/mol. The predicted molar refractivity (Wildman–Crippen MR) is 115 cm³/mol. The number of carbonyl (C=O) groups is 1. The summed E-state index contributed by atoms with van der Waals surface area (Å²) in [6.45, 7) is 10.9. The molecule has 1 fully saturated rings. The second kappa shape index (κ2) is 8.97. The van der Waals surface area contributed by atoms with Crippen LogP contribution >= 0.6 is 0 Å². The number of aryl methyl sites for hydroxylation is 2. The molecule has 1 N–H and O–H groups in total. The quantitative estimate of drug-likeness (QED) is 0.804. The van der Waals surface area contributed by atoms with Gasteiger partial charge in [0.25, 0.3) is 5.91 Å². The molecule has 0 atom stereocenters. The van der Waals surface area contributed by atoms with Crippen molar-refractivity contribution in [3.05, 3.63) is 47.2 Å². The lowest BCUT2D eigenvalue weighted by atomic mass is 10.1. The van der Waals surface area contributed by atoms with Gasteiger partial charge in [0.15, 0.2) is 0 Å². The van der Waals surface area contributed by atoms with Gasteiger partial charge in [-0.05, 0) is 38.1 Å². The molecule has 7 nitrogen and oxygen atoms in total. The van der Waals surface area contributed by atoms with Crippen molar-refractivity contribution in [1.29, 1.82) is 0 Å². The Morgan fingerprint density at radius 3 is 2.59 bits per heavy atom. The molecule has 0 unspecified atom stereocenters. The fourth-order valence-corrected chi connectivity index (χ4v) is 4.12. The van der Waals surface area contributed by atoms with Crippen LogP contribution in [0.3, 0.4) is 0 Å². The van der Waals surface area contributed by atoms with Gasteiger partial charge in [0.2, 0.25) is 0 Å². The van der Waals surface area contributed by atoms with Gasteiger partial charge in [-0.25, -0.2) is 4.68 Å². The smallest absolute Gasteiger partial charge is 0.251 e. The number of likely N-dealkylation sites (N-methyl/N-ethyl adjacent to an activating group) is 1. The highest BCUT2D eigenvalue weighted by Crippen LogP contribution is 2.23. The number of hydrogen-bond acceptors (Lipinski definition) is 5. The zero-order valence-corrected chi connectivity index (χ0v) is 17.6. The number of benzene rings is 1. The first-order chi connectivity index (χ1) is 14.1. The summed E-state index contributed by atoms with van der Waals surface area (Å²) in [5.74, 6) is 1.21. The predicted octanol–water partition coefficient (Wildman–Crippen LogP) is 1.58. The van der Waals surface area contributed by atoms with Gasteiger partial charge in [-0.15, -0.1) is 0 Å². The van der Waals surface area contributed by atoms with E-state index in [1.54, 1.807) is 0 Å². The lowest BCUT2D eigenvalue weighted by Crippen LogP contribution is -2.46. The van der Waals surface area contributed by atoms with E-state index in [1.165, 1.54) is 11.4 Å². The van der Waals surface area contributed by atoms with Crippen molar-refractivity contribution in [2.45, 2.75) is 26.4 Å². The number of rotatable bonds is 6. The van der Waals surface area contributed by atoms with Crippen LogP contribution in [0, 0.1) is 6.92 Å². The number of hydrogen-bond donors (Lipinski definition) is 1. The number of fused-ring (bicyclic) bond motifs is 1. The Hall–Kier alpha value is -2.38. The summed E-state index contributed by atoms with van der Waals surface area (Å²) in [5.41, 5.74) is 3.01. The Morgan fingerprint density at radius 2 is 1.83 bits per heavy atom. The van der Waals surface area contributed by atoms with Crippen LogP contribution in [0.1, 0.15) is 28.0 Å². The van der Waals surface area contributed by atoms with Crippen molar-refractivity contribution >= 4 is 11.7 Å². The lowest BCUT2D eigenvalue weighted by Gasteiger charge is -2.32. The minimum atomic E-state index is 0.0114. The minimum absolute atomic E-state index is 0.0114. The van der Waals surface area contributed by atoms with E-state index in [2.05, 4.69) is 55.0 Å². The number of aromatic nitrogens is 2. The standard InChI is InChI=1S/C22H32N6O/c1-18-16-21-27(9-3-10-28(21)24-18)17-19-4-6-20(7-5-19)22(29)23-8-11-26-14-12-25(2)13-15-26/h4-7,16H,3,8-15,17H2,1-2H3,(H,23,29). The number of amides is 1. The molecule has 1 aromatic heterocycles. The van der Waals surface area contributed by atoms with Crippen molar-refractivity contribution in [2.24, 2.45) is 0 Å². The van der Waals surface area contributed by atoms with E-state index in [0.29, 0.717) is 6.54 Å². The first-order valence-corrected chi connectivity index (χ1v) is 10.7. The number of anilines is 1. The Morgan fingerprint density at radius 1 is 1.07 bits per heavy atom. The molecule has 0 saturated carbocycles. The summed E-state index contributed by atoms with van der Waals surface area (Å²) in [5, 5.41) is 7.62. The zero-order chi connectivity index (χ0) is 20.2. The molecule has 0 radical (unpaired) electrons. The van der Waals surface area contributed by atoms with E-state index in [4.69, 9.17) is 0 Å². The molecule has 2 aliphatic heterocycles. The van der Waals surface area contributed by atoms with Crippen molar-refractivity contribution < 1.29 is 4.79 Å². The maximum atomic E-state index is 12.4. The normalized spacial score (nSPS) is 17.9. The lowest BCUT2D eigenvalue weighted by molar-refractivity contribution is 0.0941. The molecule has 0 spiro atoms. The van der Waals surface area contributed by atoms with Gasteiger partial charge in [0.1, 0.15) is 5.82 Å². The molecule has 29 heavy (non-hydrogen) atoms. The zero-order valence-electron chi connectivity index (χ0n) is 17.6. The highest BCUT2D eigenvalue weighted by atomic mass is 16.1. The van der Waals surface area contributed by atoms with Gasteiger partial charge in [0, 0.05) is 70.5 Å². The van der Waals surface area contributed by atoms with Crippen LogP contribution in [-0.4, -0.2) is 78.3 Å². The topological polar surface area (TPSA) is 56.6 Å². The largest absolute Gasteiger partial charge is 0.352 e. The molecule has 1 saturated heterocycles. The third-order valence-electron chi connectivity index (χ3n) is 5.90.